The van der Waals surface area contributed by atoms with Crippen molar-refractivity contribution in [2.24, 2.45) is 0 Å². The van der Waals surface area contributed by atoms with Crippen LogP contribution in [-0.2, 0) is 15.1 Å². The summed E-state index contributed by atoms with van der Waals surface area (Å²) in [6, 6.07) is 17.2. The highest BCUT2D eigenvalue weighted by atomic mass is 33.1. The van der Waals surface area contributed by atoms with Crippen LogP contribution in [0.5, 0.6) is 11.5 Å². The number of hydrogen-bond donors (Lipinski definition) is 2. The van der Waals surface area contributed by atoms with Gasteiger partial charge in [0.15, 0.2) is 5.60 Å². The summed E-state index contributed by atoms with van der Waals surface area (Å²) in [7, 11) is 3.23. The van der Waals surface area contributed by atoms with Crippen LogP contribution in [0.25, 0.3) is 0 Å². The molecule has 0 aromatic heterocycles. The minimum absolute atomic E-state index is 0.235. The molecule has 3 aromatic carbocycles. The van der Waals surface area contributed by atoms with Crippen LogP contribution in [0.2, 0.25) is 0 Å². The van der Waals surface area contributed by atoms with Gasteiger partial charge in [-0.05, 0) is 90.9 Å². The summed E-state index contributed by atoms with van der Waals surface area (Å²) in [5.74, 6) is 1.94. The number of benzene rings is 3. The average Bonchev–Trinajstić information content (AvgIpc) is 3.37. The van der Waals surface area contributed by atoms with E-state index in [1.165, 1.54) is 0 Å². The third-order valence-corrected chi connectivity index (χ3v) is 11.1. The highest BCUT2D eigenvalue weighted by molar-refractivity contribution is 8.76. The molecule has 50 heavy (non-hydrogen) atoms. The first-order valence-corrected chi connectivity index (χ1v) is 19.8. The standard InChI is InChI=1S/C38H48N4O6S2/c1-8-41(9-2)26-13-16-29-32(23-26)46-33-24-27(42(10-3)11-4)14-17-30(33)38(29)31-22-25(12-15-28(31)35(44)47-38)34(43)39-18-20-49-50-21-19-40-36(45)48-37(5,6)7/h12-17,22-24H,8-11,18-21H2,1-7H3,(H,39,43)(H,40,45). The van der Waals surface area contributed by atoms with Crippen LogP contribution in [0.4, 0.5) is 16.2 Å². The number of rotatable bonds is 14. The fraction of sp³-hybridized carbons (Fsp3) is 0.447. The summed E-state index contributed by atoms with van der Waals surface area (Å²) in [5.41, 5.74) is 3.13. The van der Waals surface area contributed by atoms with Gasteiger partial charge in [-0.3, -0.25) is 4.79 Å². The molecule has 5 rings (SSSR count). The van der Waals surface area contributed by atoms with Crippen molar-refractivity contribution in [1.29, 1.82) is 0 Å². The Morgan fingerprint density at radius 3 is 1.82 bits per heavy atom. The molecule has 0 aliphatic carbocycles. The Bertz CT molecular complexity index is 1660. The first-order chi connectivity index (χ1) is 23.9. The number of alkyl carbamates (subject to hydrolysis) is 1. The molecular weight excluding hydrogens is 673 g/mol. The van der Waals surface area contributed by atoms with Gasteiger partial charge in [0.1, 0.15) is 17.1 Å². The molecule has 2 aliphatic rings. The summed E-state index contributed by atoms with van der Waals surface area (Å²) in [4.78, 5) is 43.3. The van der Waals surface area contributed by atoms with Crippen molar-refractivity contribution in [2.75, 3.05) is 60.6 Å². The van der Waals surface area contributed by atoms with Crippen molar-refractivity contribution in [3.05, 3.63) is 82.4 Å². The molecule has 0 radical (unpaired) electrons. The minimum atomic E-state index is -1.28. The van der Waals surface area contributed by atoms with E-state index in [4.69, 9.17) is 14.2 Å². The van der Waals surface area contributed by atoms with Gasteiger partial charge >= 0.3 is 12.1 Å². The first-order valence-electron chi connectivity index (χ1n) is 17.3. The fourth-order valence-electron chi connectivity index (χ4n) is 6.35. The monoisotopic (exact) mass is 720 g/mol. The number of anilines is 2. The lowest BCUT2D eigenvalue weighted by atomic mass is 9.77. The van der Waals surface area contributed by atoms with E-state index in [9.17, 15) is 14.4 Å². The van der Waals surface area contributed by atoms with E-state index >= 15 is 0 Å². The second kappa shape index (κ2) is 15.9. The highest BCUT2D eigenvalue weighted by Gasteiger charge is 2.54. The van der Waals surface area contributed by atoms with E-state index in [1.807, 2.05) is 57.2 Å². The Labute approximate surface area is 303 Å². The lowest BCUT2D eigenvalue weighted by molar-refractivity contribution is 0.0224. The Balaban J connectivity index is 1.37. The molecule has 0 bridgehead atoms. The Kier molecular flexibility index (Phi) is 11.8. The summed E-state index contributed by atoms with van der Waals surface area (Å²) in [6.07, 6.45) is -0.430. The van der Waals surface area contributed by atoms with E-state index in [0.717, 1.165) is 48.7 Å². The quantitative estimate of drug-likeness (QED) is 0.0983. The lowest BCUT2D eigenvalue weighted by Gasteiger charge is -2.38. The van der Waals surface area contributed by atoms with Gasteiger partial charge in [0.2, 0.25) is 0 Å². The molecule has 3 aromatic rings. The largest absolute Gasteiger partial charge is 0.456 e. The van der Waals surface area contributed by atoms with Crippen LogP contribution in [0.1, 0.15) is 85.9 Å². The molecule has 10 nitrogen and oxygen atoms in total. The number of fused-ring (bicyclic) bond motifs is 6. The number of ether oxygens (including phenoxy) is 3. The summed E-state index contributed by atoms with van der Waals surface area (Å²) in [6.45, 7) is 18.2. The smallest absolute Gasteiger partial charge is 0.407 e. The molecule has 2 amide bonds. The van der Waals surface area contributed by atoms with Gasteiger partial charge in [-0.1, -0.05) is 21.6 Å². The lowest BCUT2D eigenvalue weighted by Crippen LogP contribution is -2.34. The molecule has 0 unspecified atom stereocenters. The third kappa shape index (κ3) is 7.81. The SMILES string of the molecule is CCN(CC)c1ccc2c(c1)Oc1cc(N(CC)CC)ccc1C21OC(=O)c2ccc(C(=O)NCCSSCCNC(=O)OC(C)(C)C)cc21. The number of nitrogens with one attached hydrogen (secondary N) is 2. The second-order valence-electron chi connectivity index (χ2n) is 13.0. The molecule has 2 aliphatic heterocycles. The maximum absolute atomic E-state index is 13.6. The van der Waals surface area contributed by atoms with E-state index in [0.29, 0.717) is 52.8 Å². The van der Waals surface area contributed by atoms with E-state index in [-0.39, 0.29) is 5.91 Å². The van der Waals surface area contributed by atoms with Gasteiger partial charge in [-0.25, -0.2) is 9.59 Å². The summed E-state index contributed by atoms with van der Waals surface area (Å²) >= 11 is 0. The van der Waals surface area contributed by atoms with Crippen molar-refractivity contribution >= 4 is 50.9 Å². The number of carbonyl (C=O) groups is 3. The predicted molar refractivity (Wildman–Crippen MR) is 203 cm³/mol. The van der Waals surface area contributed by atoms with Crippen LogP contribution in [0.15, 0.2) is 54.6 Å². The maximum atomic E-state index is 13.6. The zero-order valence-corrected chi connectivity index (χ0v) is 31.6. The normalized spacial score (nSPS) is 13.8. The van der Waals surface area contributed by atoms with Crippen molar-refractivity contribution in [3.8, 4) is 11.5 Å². The summed E-state index contributed by atoms with van der Waals surface area (Å²) < 4.78 is 18.3. The maximum Gasteiger partial charge on any atom is 0.407 e. The Morgan fingerprint density at radius 1 is 0.760 bits per heavy atom. The van der Waals surface area contributed by atoms with Crippen molar-refractivity contribution in [1.82, 2.24) is 10.6 Å². The van der Waals surface area contributed by atoms with Gasteiger partial charge in [0, 0.05) is 96.5 Å². The molecule has 0 fully saturated rings. The number of hydrogen-bond acceptors (Lipinski definition) is 10. The minimum Gasteiger partial charge on any atom is -0.456 e. The van der Waals surface area contributed by atoms with Gasteiger partial charge in [-0.2, -0.15) is 0 Å². The van der Waals surface area contributed by atoms with Gasteiger partial charge in [-0.15, -0.1) is 0 Å². The zero-order chi connectivity index (χ0) is 36.1. The van der Waals surface area contributed by atoms with Crippen molar-refractivity contribution < 1.29 is 28.6 Å². The third-order valence-electron chi connectivity index (χ3n) is 8.70. The van der Waals surface area contributed by atoms with Gasteiger partial charge in [0.05, 0.1) is 5.56 Å². The number of esters is 1. The predicted octanol–water partition coefficient (Wildman–Crippen LogP) is 7.58. The molecule has 268 valence electrons. The molecule has 2 heterocycles. The molecule has 0 saturated carbocycles. The second-order valence-corrected chi connectivity index (χ2v) is 15.7. The van der Waals surface area contributed by atoms with Crippen LogP contribution < -0.4 is 25.2 Å². The van der Waals surface area contributed by atoms with E-state index in [1.54, 1.807) is 39.8 Å². The van der Waals surface area contributed by atoms with Gasteiger partial charge < -0.3 is 34.6 Å². The molecule has 1 spiro atoms. The molecule has 0 saturated heterocycles. The van der Waals surface area contributed by atoms with E-state index in [2.05, 4.69) is 48.1 Å². The van der Waals surface area contributed by atoms with Crippen molar-refractivity contribution in [3.63, 3.8) is 0 Å². The van der Waals surface area contributed by atoms with Crippen LogP contribution in [0, 0.1) is 0 Å². The van der Waals surface area contributed by atoms with Crippen molar-refractivity contribution in [2.45, 2.75) is 59.7 Å². The summed E-state index contributed by atoms with van der Waals surface area (Å²) in [5, 5.41) is 5.75. The molecular formula is C38H48N4O6S2. The topological polar surface area (TPSA) is 109 Å². The number of amides is 2. The zero-order valence-electron chi connectivity index (χ0n) is 30.0. The first kappa shape index (κ1) is 37.2. The van der Waals surface area contributed by atoms with E-state index < -0.39 is 23.3 Å². The van der Waals surface area contributed by atoms with Crippen LogP contribution >= 0.6 is 21.6 Å². The number of nitrogens with zero attached hydrogens (tertiary/aromatic N) is 2. The van der Waals surface area contributed by atoms with Crippen LogP contribution in [-0.4, -0.2) is 74.3 Å². The fourth-order valence-corrected chi connectivity index (χ4v) is 8.16. The number of carbonyl (C=O) groups excluding carboxylic acids is 3. The van der Waals surface area contributed by atoms with Gasteiger partial charge in [0.25, 0.3) is 5.91 Å². The molecule has 12 heteroatoms. The molecule has 0 atom stereocenters. The highest BCUT2D eigenvalue weighted by Crippen LogP contribution is 2.57. The Morgan fingerprint density at radius 2 is 1.30 bits per heavy atom. The van der Waals surface area contributed by atoms with Crippen LogP contribution in [0.3, 0.4) is 0 Å². The average molecular weight is 721 g/mol. The Hall–Kier alpha value is -4.03. The molecule has 2 N–H and O–H groups in total.